The smallest absolute Gasteiger partial charge is 0.344 e. The van der Waals surface area contributed by atoms with Gasteiger partial charge in [0.05, 0.1) is 5.56 Å². The average molecular weight is 313 g/mol. The molecular weight excluding hydrogens is 298 g/mol. The van der Waals surface area contributed by atoms with E-state index in [1.807, 2.05) is 66.7 Å². The van der Waals surface area contributed by atoms with Crippen LogP contribution in [0.5, 0.6) is 0 Å². The first kappa shape index (κ1) is 14.3. The van der Waals surface area contributed by atoms with Crippen LogP contribution < -0.4 is 11.4 Å². The number of hydrogen-bond acceptors (Lipinski definition) is 3. The number of hydrogen-bond donors (Lipinski definition) is 1. The molecule has 3 aromatic carbocycles. The summed E-state index contributed by atoms with van der Waals surface area (Å²) in [6.45, 7) is 0. The van der Waals surface area contributed by atoms with Gasteiger partial charge < -0.3 is 10.2 Å². The van der Waals surface area contributed by atoms with Crippen molar-refractivity contribution in [1.29, 1.82) is 0 Å². The number of anilines is 1. The number of nitrogens with two attached hydrogens (primary N) is 1. The Hall–Kier alpha value is -3.33. The van der Waals surface area contributed by atoms with Gasteiger partial charge in [0.25, 0.3) is 0 Å². The van der Waals surface area contributed by atoms with Gasteiger partial charge >= 0.3 is 5.63 Å². The van der Waals surface area contributed by atoms with Gasteiger partial charge in [-0.1, -0.05) is 66.7 Å². The van der Waals surface area contributed by atoms with Crippen molar-refractivity contribution >= 4 is 16.7 Å². The Morgan fingerprint density at radius 2 is 1.25 bits per heavy atom. The topological polar surface area (TPSA) is 56.2 Å². The van der Waals surface area contributed by atoms with Crippen molar-refractivity contribution in [2.45, 2.75) is 0 Å². The third-order valence-electron chi connectivity index (χ3n) is 4.09. The quantitative estimate of drug-likeness (QED) is 0.431. The minimum atomic E-state index is -0.363. The highest BCUT2D eigenvalue weighted by molar-refractivity contribution is 6.06. The monoisotopic (exact) mass is 313 g/mol. The molecule has 116 valence electrons. The molecule has 2 N–H and O–H groups in total. The van der Waals surface area contributed by atoms with Crippen LogP contribution in [0.3, 0.4) is 0 Å². The largest absolute Gasteiger partial charge is 0.422 e. The Morgan fingerprint density at radius 1 is 0.667 bits per heavy atom. The molecule has 0 atom stereocenters. The highest BCUT2D eigenvalue weighted by atomic mass is 16.4. The standard InChI is InChI=1S/C21H15NO2/c22-16-12-7-13-17-20(16)18(14-8-3-1-4-9-14)19(21(23)24-17)15-10-5-2-6-11-15/h1-13H,22H2. The minimum absolute atomic E-state index is 0.363. The minimum Gasteiger partial charge on any atom is -0.422 e. The lowest BCUT2D eigenvalue weighted by molar-refractivity contribution is 0.564. The molecule has 1 heterocycles. The average Bonchev–Trinajstić information content (AvgIpc) is 2.62. The van der Waals surface area contributed by atoms with Crippen LogP contribution in [0.2, 0.25) is 0 Å². The molecule has 0 aliphatic rings. The van der Waals surface area contributed by atoms with Gasteiger partial charge in [0, 0.05) is 16.6 Å². The summed E-state index contributed by atoms with van der Waals surface area (Å²) in [5.74, 6) is 0. The van der Waals surface area contributed by atoms with Crippen LogP contribution in [-0.2, 0) is 0 Å². The second kappa shape index (κ2) is 5.70. The molecule has 0 radical (unpaired) electrons. The van der Waals surface area contributed by atoms with E-state index in [1.54, 1.807) is 12.1 Å². The molecule has 1 aromatic heterocycles. The van der Waals surface area contributed by atoms with E-state index < -0.39 is 0 Å². The second-order valence-electron chi connectivity index (χ2n) is 5.59. The zero-order chi connectivity index (χ0) is 16.5. The van der Waals surface area contributed by atoms with Gasteiger partial charge in [0.2, 0.25) is 0 Å². The molecule has 0 bridgehead atoms. The maximum atomic E-state index is 12.7. The lowest BCUT2D eigenvalue weighted by Gasteiger charge is -2.13. The molecule has 24 heavy (non-hydrogen) atoms. The Kier molecular flexibility index (Phi) is 3.39. The Bertz CT molecular complexity index is 1070. The Labute approximate surface area is 139 Å². The molecule has 0 aliphatic heterocycles. The van der Waals surface area contributed by atoms with Gasteiger partial charge in [0.1, 0.15) is 5.58 Å². The first-order valence-electron chi connectivity index (χ1n) is 7.72. The zero-order valence-electron chi connectivity index (χ0n) is 12.9. The van der Waals surface area contributed by atoms with Crippen molar-refractivity contribution in [3.63, 3.8) is 0 Å². The SMILES string of the molecule is Nc1cccc2oc(=O)c(-c3ccccc3)c(-c3ccccc3)c12. The fraction of sp³-hybridized carbons (Fsp3) is 0. The van der Waals surface area contributed by atoms with Gasteiger partial charge in [-0.25, -0.2) is 4.79 Å². The third kappa shape index (κ3) is 2.27. The van der Waals surface area contributed by atoms with E-state index in [1.165, 1.54) is 0 Å². The normalized spacial score (nSPS) is 10.8. The van der Waals surface area contributed by atoms with Gasteiger partial charge in [-0.15, -0.1) is 0 Å². The number of benzene rings is 3. The van der Waals surface area contributed by atoms with Crippen LogP contribution in [-0.4, -0.2) is 0 Å². The lowest BCUT2D eigenvalue weighted by atomic mass is 9.92. The molecule has 3 nitrogen and oxygen atoms in total. The number of fused-ring (bicyclic) bond motifs is 1. The van der Waals surface area contributed by atoms with Crippen molar-refractivity contribution in [2.75, 3.05) is 5.73 Å². The van der Waals surface area contributed by atoms with Gasteiger partial charge in [-0.3, -0.25) is 0 Å². The Balaban J connectivity index is 2.22. The van der Waals surface area contributed by atoms with Crippen LogP contribution in [0, 0.1) is 0 Å². The molecule has 0 aliphatic carbocycles. The van der Waals surface area contributed by atoms with Gasteiger partial charge in [-0.05, 0) is 23.3 Å². The highest BCUT2D eigenvalue weighted by Gasteiger charge is 2.19. The van der Waals surface area contributed by atoms with Crippen molar-refractivity contribution in [1.82, 2.24) is 0 Å². The van der Waals surface area contributed by atoms with E-state index in [0.717, 1.165) is 22.1 Å². The van der Waals surface area contributed by atoms with Crippen LogP contribution in [0.15, 0.2) is 88.1 Å². The molecule has 0 amide bonds. The van der Waals surface area contributed by atoms with E-state index >= 15 is 0 Å². The van der Waals surface area contributed by atoms with Crippen molar-refractivity contribution in [3.05, 3.63) is 89.3 Å². The Morgan fingerprint density at radius 3 is 1.88 bits per heavy atom. The second-order valence-corrected chi connectivity index (χ2v) is 5.59. The predicted molar refractivity (Wildman–Crippen MR) is 97.8 cm³/mol. The fourth-order valence-corrected chi connectivity index (χ4v) is 3.04. The third-order valence-corrected chi connectivity index (χ3v) is 4.09. The van der Waals surface area contributed by atoms with Crippen molar-refractivity contribution < 1.29 is 4.42 Å². The molecule has 4 aromatic rings. The lowest BCUT2D eigenvalue weighted by Crippen LogP contribution is -2.07. The van der Waals surface area contributed by atoms with Crippen LogP contribution in [0.25, 0.3) is 33.2 Å². The summed E-state index contributed by atoms with van der Waals surface area (Å²) in [5, 5.41) is 0.766. The molecule has 0 fully saturated rings. The van der Waals surface area contributed by atoms with E-state index in [4.69, 9.17) is 10.2 Å². The maximum Gasteiger partial charge on any atom is 0.344 e. The number of rotatable bonds is 2. The molecular formula is C21H15NO2. The summed E-state index contributed by atoms with van der Waals surface area (Å²) in [6.07, 6.45) is 0. The first-order valence-corrected chi connectivity index (χ1v) is 7.72. The molecule has 4 rings (SSSR count). The van der Waals surface area contributed by atoms with E-state index in [2.05, 4.69) is 0 Å². The first-order chi connectivity index (χ1) is 11.8. The van der Waals surface area contributed by atoms with Crippen LogP contribution in [0.1, 0.15) is 0 Å². The molecule has 0 spiro atoms. The summed E-state index contributed by atoms with van der Waals surface area (Å²) in [6, 6.07) is 24.7. The summed E-state index contributed by atoms with van der Waals surface area (Å²) in [4.78, 5) is 12.7. The van der Waals surface area contributed by atoms with Crippen LogP contribution >= 0.6 is 0 Å². The summed E-state index contributed by atoms with van der Waals surface area (Å²) in [7, 11) is 0. The zero-order valence-corrected chi connectivity index (χ0v) is 12.9. The van der Waals surface area contributed by atoms with E-state index in [9.17, 15) is 4.79 Å². The fourth-order valence-electron chi connectivity index (χ4n) is 3.04. The van der Waals surface area contributed by atoms with Crippen LogP contribution in [0.4, 0.5) is 5.69 Å². The molecule has 0 saturated carbocycles. The van der Waals surface area contributed by atoms with Crippen molar-refractivity contribution in [3.8, 4) is 22.3 Å². The van der Waals surface area contributed by atoms with E-state index in [-0.39, 0.29) is 5.63 Å². The summed E-state index contributed by atoms with van der Waals surface area (Å²) >= 11 is 0. The van der Waals surface area contributed by atoms with Gasteiger partial charge in [-0.2, -0.15) is 0 Å². The highest BCUT2D eigenvalue weighted by Crippen LogP contribution is 2.38. The molecule has 0 saturated heterocycles. The predicted octanol–water partition coefficient (Wildman–Crippen LogP) is 4.71. The number of nitrogen functional groups attached to an aromatic ring is 1. The van der Waals surface area contributed by atoms with Gasteiger partial charge in [0.15, 0.2) is 0 Å². The molecule has 3 heteroatoms. The molecule has 0 unspecified atom stereocenters. The summed E-state index contributed by atoms with van der Waals surface area (Å²) in [5.41, 5.74) is 10.1. The maximum absolute atomic E-state index is 12.7. The van der Waals surface area contributed by atoms with Crippen molar-refractivity contribution in [2.24, 2.45) is 0 Å². The summed E-state index contributed by atoms with van der Waals surface area (Å²) < 4.78 is 5.55. The van der Waals surface area contributed by atoms with E-state index in [0.29, 0.717) is 16.8 Å².